The van der Waals surface area contributed by atoms with Gasteiger partial charge in [-0.1, -0.05) is 0 Å². The lowest BCUT2D eigenvalue weighted by Crippen LogP contribution is -2.33. The van der Waals surface area contributed by atoms with Gasteiger partial charge < -0.3 is 19.5 Å². The highest BCUT2D eigenvalue weighted by Crippen LogP contribution is 2.30. The van der Waals surface area contributed by atoms with Crippen molar-refractivity contribution < 1.29 is 4.74 Å². The Kier molecular flexibility index (Phi) is 4.96. The van der Waals surface area contributed by atoms with Crippen molar-refractivity contribution in [2.75, 3.05) is 32.1 Å². The number of pyridine rings is 2. The molecule has 1 N–H and O–H groups in total. The van der Waals surface area contributed by atoms with Gasteiger partial charge in [-0.2, -0.15) is 0 Å². The van der Waals surface area contributed by atoms with Crippen molar-refractivity contribution in [3.8, 4) is 0 Å². The number of rotatable bonds is 3. The molecule has 5 rings (SSSR count). The molecule has 0 atom stereocenters. The molecule has 8 nitrogen and oxygen atoms in total. The number of hydrogen-bond acceptors (Lipinski definition) is 7. The molecular weight excluding hydrogens is 380 g/mol. The molecule has 0 radical (unpaired) electrons. The number of anilines is 2. The van der Waals surface area contributed by atoms with Gasteiger partial charge in [0.15, 0.2) is 0 Å². The van der Waals surface area contributed by atoms with Gasteiger partial charge in [0.1, 0.15) is 5.69 Å². The quantitative estimate of drug-likeness (QED) is 0.715. The van der Waals surface area contributed by atoms with Crippen molar-refractivity contribution in [1.29, 1.82) is 0 Å². The van der Waals surface area contributed by atoms with E-state index in [0.29, 0.717) is 17.6 Å². The van der Waals surface area contributed by atoms with Crippen LogP contribution in [0.25, 0.3) is 10.9 Å². The Labute approximate surface area is 174 Å². The molecule has 5 heterocycles. The lowest BCUT2D eigenvalue weighted by Gasteiger charge is -2.27. The van der Waals surface area contributed by atoms with Gasteiger partial charge >= 0.3 is 0 Å². The maximum Gasteiger partial charge on any atom is 0.274 e. The second-order valence-corrected chi connectivity index (χ2v) is 8.22. The molecule has 0 bridgehead atoms. The monoisotopic (exact) mass is 406 g/mol. The summed E-state index contributed by atoms with van der Waals surface area (Å²) in [5, 5.41) is 4.13. The van der Waals surface area contributed by atoms with Crippen molar-refractivity contribution in [1.82, 2.24) is 24.4 Å². The van der Waals surface area contributed by atoms with Gasteiger partial charge in [-0.15, -0.1) is 0 Å². The van der Waals surface area contributed by atoms with E-state index in [4.69, 9.17) is 9.72 Å². The molecule has 0 unspecified atom stereocenters. The van der Waals surface area contributed by atoms with Crippen LogP contribution < -0.4 is 10.9 Å². The Morgan fingerprint density at radius 1 is 1.20 bits per heavy atom. The zero-order valence-electron chi connectivity index (χ0n) is 17.4. The van der Waals surface area contributed by atoms with Crippen LogP contribution in [0.5, 0.6) is 0 Å². The fourth-order valence-corrected chi connectivity index (χ4v) is 4.49. The molecule has 156 valence electrons. The Balaban J connectivity index is 1.52. The van der Waals surface area contributed by atoms with Crippen molar-refractivity contribution in [2.45, 2.75) is 31.7 Å². The normalized spacial score (nSPS) is 17.8. The smallest absolute Gasteiger partial charge is 0.274 e. The lowest BCUT2D eigenvalue weighted by atomic mass is 9.94. The first kappa shape index (κ1) is 19.1. The molecule has 8 heteroatoms. The molecule has 30 heavy (non-hydrogen) atoms. The second kappa shape index (κ2) is 7.77. The Hall–Kier alpha value is -2.84. The van der Waals surface area contributed by atoms with E-state index in [2.05, 4.69) is 27.2 Å². The largest absolute Gasteiger partial charge is 0.381 e. The highest BCUT2D eigenvalue weighted by atomic mass is 16.5. The Morgan fingerprint density at radius 2 is 2.03 bits per heavy atom. The number of nitrogens with one attached hydrogen (secondary N) is 1. The highest BCUT2D eigenvalue weighted by molar-refractivity contribution is 5.81. The SMILES string of the molecule is CN1CCc2c(cc(Nc3ncc4ccnc(C5CCOCC5)c4n3)c(=O)n2C)C1. The van der Waals surface area contributed by atoms with E-state index in [1.807, 2.05) is 25.4 Å². The van der Waals surface area contributed by atoms with Crippen molar-refractivity contribution >= 4 is 22.5 Å². The molecule has 0 saturated carbocycles. The third-order valence-electron chi connectivity index (χ3n) is 6.18. The van der Waals surface area contributed by atoms with Crippen LogP contribution in [-0.4, -0.2) is 51.2 Å². The predicted molar refractivity (Wildman–Crippen MR) is 115 cm³/mol. The van der Waals surface area contributed by atoms with E-state index in [1.165, 1.54) is 5.56 Å². The van der Waals surface area contributed by atoms with E-state index in [-0.39, 0.29) is 5.56 Å². The summed E-state index contributed by atoms with van der Waals surface area (Å²) in [6.07, 6.45) is 6.38. The lowest BCUT2D eigenvalue weighted by molar-refractivity contribution is 0.0848. The third-order valence-corrected chi connectivity index (χ3v) is 6.18. The second-order valence-electron chi connectivity index (χ2n) is 8.22. The third kappa shape index (κ3) is 3.46. The topological polar surface area (TPSA) is 85.2 Å². The molecule has 2 aliphatic rings. The summed E-state index contributed by atoms with van der Waals surface area (Å²) in [5.41, 5.74) is 4.55. The minimum absolute atomic E-state index is 0.0576. The van der Waals surface area contributed by atoms with Crippen LogP contribution in [0.3, 0.4) is 0 Å². The van der Waals surface area contributed by atoms with Gasteiger partial charge in [-0.25, -0.2) is 9.97 Å². The predicted octanol–water partition coefficient (Wildman–Crippen LogP) is 2.35. The molecule has 2 aliphatic heterocycles. The number of fused-ring (bicyclic) bond motifs is 2. The molecule has 3 aromatic rings. The molecular formula is C22H26N6O2. The van der Waals surface area contributed by atoms with Gasteiger partial charge in [-0.3, -0.25) is 9.78 Å². The average Bonchev–Trinajstić information content (AvgIpc) is 2.77. The molecule has 0 amide bonds. The van der Waals surface area contributed by atoms with Crippen molar-refractivity contribution in [2.24, 2.45) is 7.05 Å². The zero-order chi connectivity index (χ0) is 20.7. The van der Waals surface area contributed by atoms with Crippen LogP contribution in [0.2, 0.25) is 0 Å². The molecule has 0 aliphatic carbocycles. The van der Waals surface area contributed by atoms with E-state index in [1.54, 1.807) is 10.8 Å². The summed E-state index contributed by atoms with van der Waals surface area (Å²) in [7, 11) is 3.94. The Morgan fingerprint density at radius 3 is 2.87 bits per heavy atom. The number of aromatic nitrogens is 4. The van der Waals surface area contributed by atoms with E-state index in [9.17, 15) is 4.79 Å². The molecule has 1 fully saturated rings. The van der Waals surface area contributed by atoms with Crippen molar-refractivity contribution in [3.63, 3.8) is 0 Å². The van der Waals surface area contributed by atoms with Crippen LogP contribution in [0, 0.1) is 0 Å². The van der Waals surface area contributed by atoms with Gasteiger partial charge in [0, 0.05) is 69.2 Å². The highest BCUT2D eigenvalue weighted by Gasteiger charge is 2.22. The number of nitrogens with zero attached hydrogens (tertiary/aromatic N) is 5. The first-order chi connectivity index (χ1) is 14.6. The fourth-order valence-electron chi connectivity index (χ4n) is 4.49. The summed E-state index contributed by atoms with van der Waals surface area (Å²) < 4.78 is 7.25. The van der Waals surface area contributed by atoms with Gasteiger partial charge in [-0.05, 0) is 37.6 Å². The summed E-state index contributed by atoms with van der Waals surface area (Å²) in [4.78, 5) is 29.0. The van der Waals surface area contributed by atoms with E-state index < -0.39 is 0 Å². The molecule has 0 aromatic carbocycles. The van der Waals surface area contributed by atoms with Crippen LogP contribution in [0.15, 0.2) is 29.3 Å². The van der Waals surface area contributed by atoms with E-state index in [0.717, 1.165) is 67.9 Å². The Bertz CT molecular complexity index is 1150. The standard InChI is InChI=1S/C22H26N6O2/c1-27-8-4-18-16(13-27)11-17(21(29)28(18)2)25-22-24-12-15-3-7-23-19(20(15)26-22)14-5-9-30-10-6-14/h3,7,11-12,14H,4-6,8-10,13H2,1-2H3,(H,24,25,26). The molecule has 3 aromatic heterocycles. The number of ether oxygens (including phenoxy) is 1. The summed E-state index contributed by atoms with van der Waals surface area (Å²) >= 11 is 0. The minimum atomic E-state index is -0.0576. The summed E-state index contributed by atoms with van der Waals surface area (Å²) in [6, 6.07) is 3.87. The first-order valence-corrected chi connectivity index (χ1v) is 10.5. The summed E-state index contributed by atoms with van der Waals surface area (Å²) in [5.74, 6) is 0.752. The zero-order valence-corrected chi connectivity index (χ0v) is 17.4. The van der Waals surface area contributed by atoms with Crippen molar-refractivity contribution in [3.05, 3.63) is 51.8 Å². The first-order valence-electron chi connectivity index (χ1n) is 10.5. The van der Waals surface area contributed by atoms with Crippen LogP contribution in [0.4, 0.5) is 11.6 Å². The summed E-state index contributed by atoms with van der Waals surface area (Å²) in [6.45, 7) is 3.29. The fraction of sp³-hybridized carbons (Fsp3) is 0.455. The van der Waals surface area contributed by atoms with Gasteiger partial charge in [0.05, 0.1) is 11.2 Å². The minimum Gasteiger partial charge on any atom is -0.381 e. The maximum atomic E-state index is 12.9. The van der Waals surface area contributed by atoms with Crippen LogP contribution in [0.1, 0.15) is 35.7 Å². The molecule has 0 spiro atoms. The van der Waals surface area contributed by atoms with Gasteiger partial charge in [0.2, 0.25) is 5.95 Å². The number of hydrogen-bond donors (Lipinski definition) is 1. The van der Waals surface area contributed by atoms with Crippen LogP contribution >= 0.6 is 0 Å². The van der Waals surface area contributed by atoms with Crippen LogP contribution in [-0.2, 0) is 24.8 Å². The maximum absolute atomic E-state index is 12.9. The average molecular weight is 406 g/mol. The molecule has 1 saturated heterocycles. The number of likely N-dealkylation sites (N-methyl/N-ethyl adjacent to an activating group) is 1. The van der Waals surface area contributed by atoms with E-state index >= 15 is 0 Å². The van der Waals surface area contributed by atoms with Gasteiger partial charge in [0.25, 0.3) is 5.56 Å².